The highest BCUT2D eigenvalue weighted by molar-refractivity contribution is 8.00. The Bertz CT molecular complexity index is 900. The fourth-order valence-electron chi connectivity index (χ4n) is 2.32. The van der Waals surface area contributed by atoms with Crippen molar-refractivity contribution in [2.45, 2.75) is 30.5 Å². The van der Waals surface area contributed by atoms with Crippen LogP contribution in [0.1, 0.15) is 18.3 Å². The van der Waals surface area contributed by atoms with Crippen LogP contribution in [0, 0.1) is 0 Å². The second kappa shape index (κ2) is 8.92. The number of carbonyl (C=O) groups is 1. The number of carboxylic acids is 1. The summed E-state index contributed by atoms with van der Waals surface area (Å²) in [5.74, 6) is 0.112. The van der Waals surface area contributed by atoms with Crippen LogP contribution >= 0.6 is 23.4 Å². The maximum atomic E-state index is 11.1. The number of carboxylic acid groups (broad SMARTS) is 1. The van der Waals surface area contributed by atoms with Gasteiger partial charge in [-0.1, -0.05) is 53.7 Å². The maximum Gasteiger partial charge on any atom is 0.192 e. The van der Waals surface area contributed by atoms with Crippen LogP contribution in [0.15, 0.2) is 59.8 Å². The van der Waals surface area contributed by atoms with Crippen LogP contribution in [-0.2, 0) is 17.9 Å². The Labute approximate surface area is 166 Å². The molecule has 6 nitrogen and oxygen atoms in total. The van der Waals surface area contributed by atoms with Crippen molar-refractivity contribution in [1.82, 2.24) is 14.8 Å². The Morgan fingerprint density at radius 1 is 1.19 bits per heavy atom. The minimum Gasteiger partial charge on any atom is -0.549 e. The first-order valence-corrected chi connectivity index (χ1v) is 9.50. The van der Waals surface area contributed by atoms with Crippen molar-refractivity contribution in [1.29, 1.82) is 0 Å². The number of rotatable bonds is 8. The molecule has 3 aromatic rings. The summed E-state index contributed by atoms with van der Waals surface area (Å²) in [5.41, 5.74) is 1.05. The van der Waals surface area contributed by atoms with E-state index in [2.05, 4.69) is 10.2 Å². The van der Waals surface area contributed by atoms with E-state index in [4.69, 9.17) is 16.3 Å². The minimum absolute atomic E-state index is 0.196. The third kappa shape index (κ3) is 5.24. The lowest BCUT2D eigenvalue weighted by Crippen LogP contribution is -2.31. The molecule has 1 aromatic heterocycles. The zero-order valence-corrected chi connectivity index (χ0v) is 16.1. The van der Waals surface area contributed by atoms with Crippen molar-refractivity contribution >= 4 is 29.3 Å². The van der Waals surface area contributed by atoms with Crippen LogP contribution in [0.5, 0.6) is 5.75 Å². The molecule has 3 rings (SSSR count). The van der Waals surface area contributed by atoms with Gasteiger partial charge in [-0.15, -0.1) is 10.2 Å². The van der Waals surface area contributed by atoms with E-state index in [-0.39, 0.29) is 6.61 Å². The standard InChI is InChI=1S/C19H18ClN3O3S/c1-13(18(24)25)27-19-22-21-17(12-26-16-9-7-15(20)8-10-16)23(19)11-14-5-3-2-4-6-14/h2-10,13H,11-12H2,1H3,(H,24,25)/p-1/t13-/m0/s1. The highest BCUT2D eigenvalue weighted by atomic mass is 35.5. The summed E-state index contributed by atoms with van der Waals surface area (Å²) in [4.78, 5) is 11.1. The number of ether oxygens (including phenoxy) is 1. The molecule has 0 N–H and O–H groups in total. The van der Waals surface area contributed by atoms with Crippen molar-refractivity contribution < 1.29 is 14.6 Å². The van der Waals surface area contributed by atoms with Crippen LogP contribution in [0.3, 0.4) is 0 Å². The van der Waals surface area contributed by atoms with E-state index in [1.54, 1.807) is 31.2 Å². The third-order valence-corrected chi connectivity index (χ3v) is 5.08. The van der Waals surface area contributed by atoms with Gasteiger partial charge >= 0.3 is 0 Å². The van der Waals surface area contributed by atoms with Crippen molar-refractivity contribution in [3.8, 4) is 5.75 Å². The van der Waals surface area contributed by atoms with Crippen LogP contribution in [0.4, 0.5) is 0 Å². The van der Waals surface area contributed by atoms with E-state index in [0.717, 1.165) is 17.3 Å². The van der Waals surface area contributed by atoms with Gasteiger partial charge in [0.15, 0.2) is 11.0 Å². The van der Waals surface area contributed by atoms with Gasteiger partial charge in [0.2, 0.25) is 0 Å². The zero-order valence-electron chi connectivity index (χ0n) is 14.5. The van der Waals surface area contributed by atoms with Gasteiger partial charge in [-0.2, -0.15) is 0 Å². The molecule has 2 aromatic carbocycles. The van der Waals surface area contributed by atoms with Gasteiger partial charge in [-0.05, 0) is 36.8 Å². The molecule has 27 heavy (non-hydrogen) atoms. The lowest BCUT2D eigenvalue weighted by Gasteiger charge is -2.14. The number of thioether (sulfide) groups is 1. The summed E-state index contributed by atoms with van der Waals surface area (Å²) in [6, 6.07) is 16.8. The molecule has 1 atom stereocenters. The molecule has 0 aliphatic heterocycles. The number of halogens is 1. The van der Waals surface area contributed by atoms with Crippen molar-refractivity contribution in [2.24, 2.45) is 0 Å². The molecule has 140 valence electrons. The molecule has 0 saturated carbocycles. The number of aliphatic carboxylic acids is 1. The van der Waals surface area contributed by atoms with E-state index in [1.807, 2.05) is 34.9 Å². The van der Waals surface area contributed by atoms with Crippen LogP contribution in [-0.4, -0.2) is 26.0 Å². The lowest BCUT2D eigenvalue weighted by atomic mass is 10.2. The van der Waals surface area contributed by atoms with Crippen LogP contribution in [0.25, 0.3) is 0 Å². The van der Waals surface area contributed by atoms with Gasteiger partial charge in [-0.3, -0.25) is 4.57 Å². The van der Waals surface area contributed by atoms with Crippen molar-refractivity contribution in [3.63, 3.8) is 0 Å². The fourth-order valence-corrected chi connectivity index (χ4v) is 3.25. The predicted molar refractivity (Wildman–Crippen MR) is 102 cm³/mol. The van der Waals surface area contributed by atoms with Gasteiger partial charge < -0.3 is 14.6 Å². The highest BCUT2D eigenvalue weighted by Crippen LogP contribution is 2.24. The largest absolute Gasteiger partial charge is 0.549 e. The second-order valence-corrected chi connectivity index (χ2v) is 7.54. The van der Waals surface area contributed by atoms with Crippen molar-refractivity contribution in [2.75, 3.05) is 0 Å². The molecule has 0 bridgehead atoms. The average Bonchev–Trinajstić information content (AvgIpc) is 3.03. The summed E-state index contributed by atoms with van der Waals surface area (Å²) in [5, 5.41) is 19.8. The Morgan fingerprint density at radius 2 is 1.89 bits per heavy atom. The third-order valence-electron chi connectivity index (χ3n) is 3.77. The van der Waals surface area contributed by atoms with E-state index in [1.165, 1.54) is 0 Å². The summed E-state index contributed by atoms with van der Waals surface area (Å²) >= 11 is 6.98. The predicted octanol–water partition coefficient (Wildman–Crippen LogP) is 2.79. The average molecular weight is 403 g/mol. The molecular weight excluding hydrogens is 386 g/mol. The Hall–Kier alpha value is -2.51. The highest BCUT2D eigenvalue weighted by Gasteiger charge is 2.17. The molecular formula is C19H17ClN3O3S-. The first-order valence-electron chi connectivity index (χ1n) is 8.25. The monoisotopic (exact) mass is 402 g/mol. The first-order chi connectivity index (χ1) is 13.0. The van der Waals surface area contributed by atoms with Gasteiger partial charge in [-0.25, -0.2) is 0 Å². The smallest absolute Gasteiger partial charge is 0.192 e. The number of aromatic nitrogens is 3. The van der Waals surface area contributed by atoms with Gasteiger partial charge in [0.05, 0.1) is 12.5 Å². The Balaban J connectivity index is 1.82. The molecule has 0 amide bonds. The number of nitrogens with zero attached hydrogens (tertiary/aromatic N) is 3. The molecule has 0 radical (unpaired) electrons. The van der Waals surface area contributed by atoms with E-state index < -0.39 is 11.2 Å². The van der Waals surface area contributed by atoms with Gasteiger partial charge in [0.1, 0.15) is 12.4 Å². The SMILES string of the molecule is C[C@H](Sc1nnc(COc2ccc(Cl)cc2)n1Cc1ccccc1)C(=O)[O-]. The van der Waals surface area contributed by atoms with E-state index >= 15 is 0 Å². The Kier molecular flexibility index (Phi) is 6.36. The number of carbonyl (C=O) groups excluding carboxylic acids is 1. The molecule has 0 spiro atoms. The Morgan fingerprint density at radius 3 is 2.56 bits per heavy atom. The van der Waals surface area contributed by atoms with Crippen LogP contribution in [0.2, 0.25) is 5.02 Å². The molecule has 0 fully saturated rings. The molecule has 0 unspecified atom stereocenters. The molecule has 8 heteroatoms. The summed E-state index contributed by atoms with van der Waals surface area (Å²) in [7, 11) is 0. The molecule has 0 aliphatic carbocycles. The lowest BCUT2D eigenvalue weighted by molar-refractivity contribution is -0.304. The summed E-state index contributed by atoms with van der Waals surface area (Å²) in [6.45, 7) is 2.27. The minimum atomic E-state index is -1.15. The van der Waals surface area contributed by atoms with Gasteiger partial charge in [0.25, 0.3) is 0 Å². The van der Waals surface area contributed by atoms with Crippen molar-refractivity contribution in [3.05, 3.63) is 71.0 Å². The number of hydrogen-bond acceptors (Lipinski definition) is 6. The van der Waals surface area contributed by atoms with Gasteiger partial charge in [0, 0.05) is 10.3 Å². The fraction of sp³-hybridized carbons (Fsp3) is 0.211. The molecule has 1 heterocycles. The van der Waals surface area contributed by atoms with E-state index in [0.29, 0.717) is 28.3 Å². The molecule has 0 saturated heterocycles. The van der Waals surface area contributed by atoms with E-state index in [9.17, 15) is 9.90 Å². The quantitative estimate of drug-likeness (QED) is 0.539. The summed E-state index contributed by atoms with van der Waals surface area (Å²) in [6.07, 6.45) is 0. The maximum absolute atomic E-state index is 11.1. The number of hydrogen-bond donors (Lipinski definition) is 0. The normalized spacial score (nSPS) is 11.9. The zero-order chi connectivity index (χ0) is 19.2. The summed E-state index contributed by atoms with van der Waals surface area (Å²) < 4.78 is 7.63. The van der Waals surface area contributed by atoms with Crippen LogP contribution < -0.4 is 9.84 Å². The topological polar surface area (TPSA) is 80.1 Å². The number of benzene rings is 2. The first kappa shape index (κ1) is 19.3. The second-order valence-electron chi connectivity index (χ2n) is 5.79. The molecule has 0 aliphatic rings.